The Kier molecular flexibility index (Phi) is 2.82. The van der Waals surface area contributed by atoms with Gasteiger partial charge in [0.05, 0.1) is 12.5 Å². The predicted molar refractivity (Wildman–Crippen MR) is 61.5 cm³/mol. The summed E-state index contributed by atoms with van der Waals surface area (Å²) in [6, 6.07) is 10.0. The average molecular weight is 214 g/mol. The molecule has 0 spiro atoms. The lowest BCUT2D eigenvalue weighted by molar-refractivity contribution is 0.100. The smallest absolute Gasteiger partial charge is 0.277 e. The molecule has 0 saturated heterocycles. The Morgan fingerprint density at radius 1 is 1.25 bits per heavy atom. The number of aliphatic imine (C=N–C) groups is 1. The highest BCUT2D eigenvalue weighted by atomic mass is 16.3. The van der Waals surface area contributed by atoms with Gasteiger partial charge >= 0.3 is 0 Å². The van der Waals surface area contributed by atoms with Crippen LogP contribution in [0.3, 0.4) is 0 Å². The molecule has 0 aliphatic heterocycles. The highest BCUT2D eigenvalue weighted by molar-refractivity contribution is 6.01. The molecule has 0 atom stereocenters. The van der Waals surface area contributed by atoms with Gasteiger partial charge in [0.1, 0.15) is 5.76 Å². The second-order valence-corrected chi connectivity index (χ2v) is 3.20. The summed E-state index contributed by atoms with van der Waals surface area (Å²) in [7, 11) is 0. The van der Waals surface area contributed by atoms with Crippen molar-refractivity contribution in [3.05, 3.63) is 54.0 Å². The molecule has 0 aliphatic carbocycles. The lowest BCUT2D eigenvalue weighted by Crippen LogP contribution is -1.96. The lowest BCUT2D eigenvalue weighted by atomic mass is 10.2. The number of nitrogen functional groups attached to an aromatic ring is 1. The van der Waals surface area contributed by atoms with Crippen LogP contribution in [0, 0.1) is 0 Å². The second kappa shape index (κ2) is 4.44. The summed E-state index contributed by atoms with van der Waals surface area (Å²) in [5.74, 6) is 0.222. The first-order valence-electron chi connectivity index (χ1n) is 4.73. The molecule has 2 rings (SSSR count). The van der Waals surface area contributed by atoms with Crippen molar-refractivity contribution in [3.63, 3.8) is 0 Å². The Bertz CT molecular complexity index is 498. The summed E-state index contributed by atoms with van der Waals surface area (Å²) >= 11 is 0. The van der Waals surface area contributed by atoms with E-state index >= 15 is 0 Å². The second-order valence-electron chi connectivity index (χ2n) is 3.20. The molecular formula is C12H10N2O2. The first kappa shape index (κ1) is 10.2. The fraction of sp³-hybridized carbons (Fsp3) is 0. The molecule has 0 fully saturated rings. The molecule has 1 amide bonds. The van der Waals surface area contributed by atoms with Crippen molar-refractivity contribution in [2.24, 2.45) is 4.99 Å². The number of nitrogens with zero attached hydrogens (tertiary/aromatic N) is 1. The van der Waals surface area contributed by atoms with Gasteiger partial charge in [0.2, 0.25) is 0 Å². The fourth-order valence-corrected chi connectivity index (χ4v) is 1.19. The Morgan fingerprint density at radius 2 is 2.00 bits per heavy atom. The van der Waals surface area contributed by atoms with Crippen molar-refractivity contribution in [1.82, 2.24) is 0 Å². The van der Waals surface area contributed by atoms with Gasteiger partial charge in [-0.05, 0) is 36.4 Å². The van der Waals surface area contributed by atoms with Gasteiger partial charge in [-0.3, -0.25) is 4.79 Å². The zero-order valence-corrected chi connectivity index (χ0v) is 8.46. The first-order chi connectivity index (χ1) is 7.75. The largest absolute Gasteiger partial charge is 0.463 e. The number of amides is 1. The molecular weight excluding hydrogens is 204 g/mol. The summed E-state index contributed by atoms with van der Waals surface area (Å²) in [5.41, 5.74) is 6.63. The maximum atomic E-state index is 11.6. The standard InChI is InChI=1S/C12H10N2O2/c13-10-5-3-9(4-6-10)12(15)14-8-11-2-1-7-16-11/h1-8H,13H2. The monoisotopic (exact) mass is 214 g/mol. The van der Waals surface area contributed by atoms with Crippen LogP contribution in [0.2, 0.25) is 0 Å². The van der Waals surface area contributed by atoms with Crippen molar-refractivity contribution in [3.8, 4) is 0 Å². The Labute approximate surface area is 92.4 Å². The van der Waals surface area contributed by atoms with E-state index in [1.54, 1.807) is 36.4 Å². The SMILES string of the molecule is Nc1ccc(C(=O)N=Cc2ccco2)cc1. The van der Waals surface area contributed by atoms with Gasteiger partial charge in [0.15, 0.2) is 0 Å². The third-order valence-corrected chi connectivity index (χ3v) is 2.01. The molecule has 16 heavy (non-hydrogen) atoms. The van der Waals surface area contributed by atoms with Crippen LogP contribution in [0.15, 0.2) is 52.1 Å². The van der Waals surface area contributed by atoms with Gasteiger partial charge < -0.3 is 10.2 Å². The van der Waals surface area contributed by atoms with Gasteiger partial charge in [0, 0.05) is 11.3 Å². The van der Waals surface area contributed by atoms with Crippen LogP contribution >= 0.6 is 0 Å². The number of carbonyl (C=O) groups excluding carboxylic acids is 1. The third kappa shape index (κ3) is 2.36. The quantitative estimate of drug-likeness (QED) is 0.615. The van der Waals surface area contributed by atoms with Crippen LogP contribution in [0.25, 0.3) is 0 Å². The van der Waals surface area contributed by atoms with Gasteiger partial charge in [-0.15, -0.1) is 0 Å². The van der Waals surface area contributed by atoms with E-state index in [1.165, 1.54) is 12.5 Å². The maximum Gasteiger partial charge on any atom is 0.277 e. The molecule has 0 saturated carbocycles. The zero-order valence-electron chi connectivity index (χ0n) is 8.46. The van der Waals surface area contributed by atoms with Crippen molar-refractivity contribution in [2.75, 3.05) is 5.73 Å². The summed E-state index contributed by atoms with van der Waals surface area (Å²) in [6.45, 7) is 0. The molecule has 80 valence electrons. The third-order valence-electron chi connectivity index (χ3n) is 2.01. The van der Waals surface area contributed by atoms with E-state index in [2.05, 4.69) is 4.99 Å². The maximum absolute atomic E-state index is 11.6. The molecule has 0 bridgehead atoms. The zero-order chi connectivity index (χ0) is 11.4. The molecule has 4 heteroatoms. The van der Waals surface area contributed by atoms with Crippen LogP contribution in [0.1, 0.15) is 16.1 Å². The molecule has 0 aliphatic rings. The first-order valence-corrected chi connectivity index (χ1v) is 4.73. The van der Waals surface area contributed by atoms with Crippen LogP contribution in [-0.4, -0.2) is 12.1 Å². The number of benzene rings is 1. The van der Waals surface area contributed by atoms with E-state index < -0.39 is 0 Å². The van der Waals surface area contributed by atoms with Crippen LogP contribution in [-0.2, 0) is 0 Å². The Balaban J connectivity index is 2.11. The van der Waals surface area contributed by atoms with E-state index in [0.29, 0.717) is 17.0 Å². The van der Waals surface area contributed by atoms with Crippen molar-refractivity contribution < 1.29 is 9.21 Å². The number of rotatable bonds is 2. The lowest BCUT2D eigenvalue weighted by Gasteiger charge is -1.95. The molecule has 4 nitrogen and oxygen atoms in total. The van der Waals surface area contributed by atoms with Gasteiger partial charge in [-0.2, -0.15) is 0 Å². The minimum Gasteiger partial charge on any atom is -0.463 e. The summed E-state index contributed by atoms with van der Waals surface area (Å²) in [5, 5.41) is 0. The number of nitrogens with two attached hydrogens (primary N) is 1. The van der Waals surface area contributed by atoms with Crippen molar-refractivity contribution in [1.29, 1.82) is 0 Å². The van der Waals surface area contributed by atoms with E-state index in [-0.39, 0.29) is 5.91 Å². The molecule has 1 aromatic heterocycles. The van der Waals surface area contributed by atoms with Crippen LogP contribution in [0.5, 0.6) is 0 Å². The van der Waals surface area contributed by atoms with E-state index in [0.717, 1.165) is 0 Å². The van der Waals surface area contributed by atoms with E-state index in [4.69, 9.17) is 10.2 Å². The topological polar surface area (TPSA) is 68.6 Å². The van der Waals surface area contributed by atoms with Gasteiger partial charge in [0.25, 0.3) is 5.91 Å². The van der Waals surface area contributed by atoms with Crippen LogP contribution in [0.4, 0.5) is 5.69 Å². The molecule has 0 unspecified atom stereocenters. The predicted octanol–water partition coefficient (Wildman–Crippen LogP) is 2.12. The van der Waals surface area contributed by atoms with Crippen molar-refractivity contribution >= 4 is 17.8 Å². The molecule has 2 N–H and O–H groups in total. The molecule has 1 heterocycles. The number of hydrogen-bond donors (Lipinski definition) is 1. The average Bonchev–Trinajstić information content (AvgIpc) is 2.80. The Morgan fingerprint density at radius 3 is 2.62 bits per heavy atom. The normalized spacial score (nSPS) is 10.8. The Hall–Kier alpha value is -2.36. The number of anilines is 1. The number of hydrogen-bond acceptors (Lipinski definition) is 3. The number of furan rings is 1. The minimum absolute atomic E-state index is 0.323. The number of carbonyl (C=O) groups is 1. The molecule has 0 radical (unpaired) electrons. The van der Waals surface area contributed by atoms with Crippen molar-refractivity contribution in [2.45, 2.75) is 0 Å². The van der Waals surface area contributed by atoms with Gasteiger partial charge in [-0.25, -0.2) is 4.99 Å². The highest BCUT2D eigenvalue weighted by Gasteiger charge is 2.02. The molecule has 1 aromatic carbocycles. The minimum atomic E-state index is -0.323. The summed E-state index contributed by atoms with van der Waals surface area (Å²) in [6.07, 6.45) is 2.91. The van der Waals surface area contributed by atoms with Crippen LogP contribution < -0.4 is 5.73 Å². The van der Waals surface area contributed by atoms with Gasteiger partial charge in [-0.1, -0.05) is 0 Å². The van der Waals surface area contributed by atoms with E-state index in [9.17, 15) is 4.79 Å². The highest BCUT2D eigenvalue weighted by Crippen LogP contribution is 2.06. The van der Waals surface area contributed by atoms with E-state index in [1.807, 2.05) is 0 Å². The fourth-order valence-electron chi connectivity index (χ4n) is 1.19. The molecule has 2 aromatic rings. The summed E-state index contributed by atoms with van der Waals surface area (Å²) in [4.78, 5) is 15.3. The summed E-state index contributed by atoms with van der Waals surface area (Å²) < 4.78 is 5.02.